The molecule has 0 fully saturated rings. The number of benzene rings is 1. The second-order valence-corrected chi connectivity index (χ2v) is 2.64. The van der Waals surface area contributed by atoms with Crippen LogP contribution in [0.3, 0.4) is 0 Å². The van der Waals surface area contributed by atoms with Crippen molar-refractivity contribution in [2.75, 3.05) is 29.8 Å². The molecule has 0 atom stereocenters. The first kappa shape index (κ1) is 9.63. The number of nitrogens with zero attached hydrogens (tertiary/aromatic N) is 1. The summed E-state index contributed by atoms with van der Waals surface area (Å²) in [4.78, 5) is 1.31. The molecule has 0 bridgehead atoms. The van der Waals surface area contributed by atoms with Crippen LogP contribution in [0.5, 0.6) is 0 Å². The quantitative estimate of drug-likeness (QED) is 0.376. The second kappa shape index (κ2) is 3.97. The fourth-order valence-corrected chi connectivity index (χ4v) is 1.06. The smallest absolute Gasteiger partial charge is 0.117 e. The molecular weight excluding hydrogens is 170 g/mol. The molecule has 0 heterocycles. The van der Waals surface area contributed by atoms with Crippen molar-refractivity contribution >= 4 is 17.1 Å². The van der Waals surface area contributed by atoms with E-state index in [1.807, 2.05) is 0 Å². The molecule has 72 valence electrons. The molecule has 6 N–H and O–H groups in total. The number of nitrogens with two attached hydrogens (primary N) is 2. The highest BCUT2D eigenvalue weighted by molar-refractivity contribution is 5.71. The molecule has 5 nitrogen and oxygen atoms in total. The van der Waals surface area contributed by atoms with E-state index < -0.39 is 0 Å². The molecule has 0 aliphatic heterocycles. The highest BCUT2D eigenvalue weighted by atomic mass is 16.3. The summed E-state index contributed by atoms with van der Waals surface area (Å²) in [6.45, 7) is -0.574. The van der Waals surface area contributed by atoms with Gasteiger partial charge in [0.05, 0.1) is 11.4 Å². The monoisotopic (exact) mass is 183 g/mol. The average molecular weight is 183 g/mol. The van der Waals surface area contributed by atoms with Crippen LogP contribution < -0.4 is 16.4 Å². The summed E-state index contributed by atoms with van der Waals surface area (Å²) < 4.78 is 0. The van der Waals surface area contributed by atoms with E-state index in [0.717, 1.165) is 0 Å². The zero-order valence-electron chi connectivity index (χ0n) is 7.14. The Balaban J connectivity index is 2.99. The zero-order chi connectivity index (χ0) is 9.84. The van der Waals surface area contributed by atoms with Crippen LogP contribution >= 0.6 is 0 Å². The van der Waals surface area contributed by atoms with Crippen molar-refractivity contribution in [3.63, 3.8) is 0 Å². The molecule has 0 spiro atoms. The van der Waals surface area contributed by atoms with Crippen LogP contribution in [0.4, 0.5) is 17.1 Å². The molecule has 1 aromatic rings. The minimum atomic E-state index is -0.287. The van der Waals surface area contributed by atoms with E-state index in [1.165, 1.54) is 4.90 Å². The van der Waals surface area contributed by atoms with E-state index in [0.29, 0.717) is 17.1 Å². The van der Waals surface area contributed by atoms with Gasteiger partial charge in [-0.3, -0.25) is 0 Å². The summed E-state index contributed by atoms with van der Waals surface area (Å²) in [5.41, 5.74) is 12.7. The Morgan fingerprint density at radius 2 is 1.77 bits per heavy atom. The van der Waals surface area contributed by atoms with Crippen LogP contribution in [0.25, 0.3) is 0 Å². The predicted octanol–water partition coefficient (Wildman–Crippen LogP) is -0.443. The van der Waals surface area contributed by atoms with Gasteiger partial charge in [0.25, 0.3) is 0 Å². The van der Waals surface area contributed by atoms with Crippen molar-refractivity contribution in [1.82, 2.24) is 0 Å². The van der Waals surface area contributed by atoms with Gasteiger partial charge in [-0.25, -0.2) is 0 Å². The lowest BCUT2D eigenvalue weighted by atomic mass is 10.2. The molecule has 0 saturated heterocycles. The second-order valence-electron chi connectivity index (χ2n) is 2.64. The molecule has 1 aromatic carbocycles. The number of anilines is 3. The third-order valence-electron chi connectivity index (χ3n) is 1.73. The van der Waals surface area contributed by atoms with Gasteiger partial charge in [0, 0.05) is 5.69 Å². The van der Waals surface area contributed by atoms with Crippen molar-refractivity contribution in [3.05, 3.63) is 18.2 Å². The van der Waals surface area contributed by atoms with Crippen molar-refractivity contribution in [1.29, 1.82) is 0 Å². The maximum atomic E-state index is 8.85. The summed E-state index contributed by atoms with van der Waals surface area (Å²) in [5, 5.41) is 17.7. The van der Waals surface area contributed by atoms with Gasteiger partial charge in [0.2, 0.25) is 0 Å². The fraction of sp³-hybridized carbons (Fsp3) is 0.250. The maximum absolute atomic E-state index is 8.85. The van der Waals surface area contributed by atoms with Gasteiger partial charge in [-0.1, -0.05) is 0 Å². The molecule has 13 heavy (non-hydrogen) atoms. The van der Waals surface area contributed by atoms with E-state index in [9.17, 15) is 0 Å². The Labute approximate surface area is 76.2 Å². The first-order chi connectivity index (χ1) is 6.19. The van der Waals surface area contributed by atoms with Gasteiger partial charge < -0.3 is 26.6 Å². The molecule has 0 aliphatic rings. The molecule has 5 heteroatoms. The molecule has 0 aromatic heterocycles. The summed E-state index contributed by atoms with van der Waals surface area (Å²) in [5.74, 6) is 0. The van der Waals surface area contributed by atoms with E-state index in [1.54, 1.807) is 18.2 Å². The van der Waals surface area contributed by atoms with E-state index in [2.05, 4.69) is 0 Å². The number of rotatable bonds is 3. The van der Waals surface area contributed by atoms with E-state index in [4.69, 9.17) is 21.7 Å². The van der Waals surface area contributed by atoms with Crippen molar-refractivity contribution in [3.8, 4) is 0 Å². The summed E-state index contributed by atoms with van der Waals surface area (Å²) in [7, 11) is 0. The van der Waals surface area contributed by atoms with Gasteiger partial charge in [-0.15, -0.1) is 0 Å². The lowest BCUT2D eigenvalue weighted by molar-refractivity contribution is 0.223. The summed E-state index contributed by atoms with van der Waals surface area (Å²) >= 11 is 0. The van der Waals surface area contributed by atoms with Gasteiger partial charge in [0.1, 0.15) is 13.5 Å². The number of hydrogen-bond acceptors (Lipinski definition) is 5. The van der Waals surface area contributed by atoms with Crippen LogP contribution in [0.15, 0.2) is 18.2 Å². The van der Waals surface area contributed by atoms with Crippen molar-refractivity contribution < 1.29 is 10.2 Å². The molecule has 0 radical (unpaired) electrons. The Morgan fingerprint density at radius 3 is 2.23 bits per heavy atom. The van der Waals surface area contributed by atoms with Gasteiger partial charge in [0.15, 0.2) is 0 Å². The van der Waals surface area contributed by atoms with Crippen LogP contribution in [-0.4, -0.2) is 23.7 Å². The largest absolute Gasteiger partial charge is 0.399 e. The number of hydrogen-bond donors (Lipinski definition) is 4. The first-order valence-electron chi connectivity index (χ1n) is 3.80. The Hall–Kier alpha value is -1.46. The molecular formula is C8H13N3O2. The molecule has 1 rings (SSSR count). The Bertz CT molecular complexity index is 287. The maximum Gasteiger partial charge on any atom is 0.117 e. The third kappa shape index (κ3) is 2.01. The minimum Gasteiger partial charge on any atom is -0.399 e. The summed E-state index contributed by atoms with van der Waals surface area (Å²) in [6.07, 6.45) is 0. The average Bonchev–Trinajstić information content (AvgIpc) is 2.10. The fourth-order valence-electron chi connectivity index (χ4n) is 1.06. The first-order valence-corrected chi connectivity index (χ1v) is 3.80. The predicted molar refractivity (Wildman–Crippen MR) is 51.9 cm³/mol. The SMILES string of the molecule is Nc1ccc(N(CO)CO)c(N)c1. The van der Waals surface area contributed by atoms with Crippen molar-refractivity contribution in [2.24, 2.45) is 0 Å². The van der Waals surface area contributed by atoms with Crippen LogP contribution in [0, 0.1) is 0 Å². The van der Waals surface area contributed by atoms with Crippen LogP contribution in [0.1, 0.15) is 0 Å². The standard InChI is InChI=1S/C8H13N3O2/c9-6-1-2-8(7(10)3-6)11(4-12)5-13/h1-3,12-13H,4-5,9-10H2. The highest BCUT2D eigenvalue weighted by Gasteiger charge is 2.06. The van der Waals surface area contributed by atoms with E-state index >= 15 is 0 Å². The summed E-state index contributed by atoms with van der Waals surface area (Å²) in [6, 6.07) is 4.88. The molecule has 0 aliphatic carbocycles. The number of aliphatic hydroxyl groups is 2. The molecule has 0 amide bonds. The third-order valence-corrected chi connectivity index (χ3v) is 1.73. The van der Waals surface area contributed by atoms with Crippen LogP contribution in [-0.2, 0) is 0 Å². The Kier molecular flexibility index (Phi) is 2.94. The van der Waals surface area contributed by atoms with Crippen molar-refractivity contribution in [2.45, 2.75) is 0 Å². The highest BCUT2D eigenvalue weighted by Crippen LogP contribution is 2.24. The molecule has 0 unspecified atom stereocenters. The zero-order valence-corrected chi connectivity index (χ0v) is 7.14. The van der Waals surface area contributed by atoms with Gasteiger partial charge >= 0.3 is 0 Å². The lowest BCUT2D eigenvalue weighted by Crippen LogP contribution is -2.25. The van der Waals surface area contributed by atoms with Crippen LogP contribution in [0.2, 0.25) is 0 Å². The minimum absolute atomic E-state index is 0.287. The Morgan fingerprint density at radius 1 is 1.15 bits per heavy atom. The lowest BCUT2D eigenvalue weighted by Gasteiger charge is -2.20. The van der Waals surface area contributed by atoms with E-state index in [-0.39, 0.29) is 13.5 Å². The van der Waals surface area contributed by atoms with Gasteiger partial charge in [-0.2, -0.15) is 0 Å². The van der Waals surface area contributed by atoms with Gasteiger partial charge in [-0.05, 0) is 18.2 Å². The normalized spacial score (nSPS) is 10.0. The topological polar surface area (TPSA) is 95.7 Å². The number of nitrogen functional groups attached to an aromatic ring is 2. The number of aliphatic hydroxyl groups excluding tert-OH is 2. The molecule has 0 saturated carbocycles.